The van der Waals surface area contributed by atoms with Gasteiger partial charge >= 0.3 is 0 Å². The Hall–Kier alpha value is -1.63. The van der Waals surface area contributed by atoms with Crippen LogP contribution >= 0.6 is 0 Å². The molecule has 1 unspecified atom stereocenters. The van der Waals surface area contributed by atoms with Gasteiger partial charge in [0.1, 0.15) is 12.9 Å². The number of amides is 1. The first-order chi connectivity index (χ1) is 8.24. The zero-order valence-electron chi connectivity index (χ0n) is 9.63. The fraction of sp³-hybridized carbons (Fsp3) is 0.700. The second-order valence-corrected chi connectivity index (χ2v) is 4.17. The molecule has 1 aliphatic heterocycles. The number of rotatable bonds is 5. The smallest absolute Gasteiger partial charge is 0.241 e. The summed E-state index contributed by atoms with van der Waals surface area (Å²) in [5.74, 6) is 0.687. The van der Waals surface area contributed by atoms with Crippen LogP contribution in [0.2, 0.25) is 0 Å². The Bertz CT molecular complexity index is 373. The van der Waals surface area contributed by atoms with E-state index in [-0.39, 0.29) is 18.4 Å². The number of carbonyl (C=O) groups is 1. The molecule has 0 spiro atoms. The number of hydrogen-bond acceptors (Lipinski definition) is 5. The van der Waals surface area contributed by atoms with Crippen LogP contribution in [-0.2, 0) is 16.1 Å². The molecule has 0 radical (unpaired) electrons. The van der Waals surface area contributed by atoms with Crippen molar-refractivity contribution in [1.82, 2.24) is 20.1 Å². The molecule has 7 heteroatoms. The Morgan fingerprint density at radius 1 is 1.71 bits per heavy atom. The van der Waals surface area contributed by atoms with Crippen LogP contribution in [0.25, 0.3) is 0 Å². The molecule has 94 valence electrons. The first kappa shape index (κ1) is 11.8. The summed E-state index contributed by atoms with van der Waals surface area (Å²) in [6, 6.07) is 0. The highest BCUT2D eigenvalue weighted by Gasteiger charge is 2.15. The van der Waals surface area contributed by atoms with Gasteiger partial charge in [-0.3, -0.25) is 4.79 Å². The van der Waals surface area contributed by atoms with Crippen LogP contribution in [0.4, 0.5) is 5.95 Å². The number of nitrogen functional groups attached to an aromatic ring is 1. The summed E-state index contributed by atoms with van der Waals surface area (Å²) in [6.45, 7) is 2.49. The van der Waals surface area contributed by atoms with Crippen molar-refractivity contribution in [3.63, 3.8) is 0 Å². The molecule has 0 aliphatic carbocycles. The van der Waals surface area contributed by atoms with E-state index in [4.69, 9.17) is 10.5 Å². The summed E-state index contributed by atoms with van der Waals surface area (Å²) in [5.41, 5.74) is 5.35. The van der Waals surface area contributed by atoms with Crippen molar-refractivity contribution in [3.8, 4) is 0 Å². The van der Waals surface area contributed by atoms with E-state index in [2.05, 4.69) is 15.4 Å². The van der Waals surface area contributed by atoms with Crippen LogP contribution in [0.1, 0.15) is 12.8 Å². The molecule has 0 bridgehead atoms. The van der Waals surface area contributed by atoms with Crippen molar-refractivity contribution in [3.05, 3.63) is 6.33 Å². The molecule has 1 aromatic heterocycles. The van der Waals surface area contributed by atoms with Crippen molar-refractivity contribution in [2.45, 2.75) is 19.4 Å². The fourth-order valence-corrected chi connectivity index (χ4v) is 1.81. The number of nitrogens with two attached hydrogens (primary N) is 1. The molecule has 3 N–H and O–H groups in total. The third kappa shape index (κ3) is 3.70. The number of anilines is 1. The summed E-state index contributed by atoms with van der Waals surface area (Å²) >= 11 is 0. The summed E-state index contributed by atoms with van der Waals surface area (Å²) in [4.78, 5) is 15.3. The van der Waals surface area contributed by atoms with Crippen molar-refractivity contribution in [1.29, 1.82) is 0 Å². The zero-order valence-corrected chi connectivity index (χ0v) is 9.63. The summed E-state index contributed by atoms with van der Waals surface area (Å²) in [5, 5.41) is 6.68. The van der Waals surface area contributed by atoms with Gasteiger partial charge in [0.25, 0.3) is 0 Å². The van der Waals surface area contributed by atoms with Crippen molar-refractivity contribution < 1.29 is 9.53 Å². The maximum absolute atomic E-state index is 11.5. The molecule has 0 saturated carbocycles. The normalized spacial score (nSPS) is 19.4. The molecular weight excluding hydrogens is 222 g/mol. The molecule has 7 nitrogen and oxygen atoms in total. The highest BCUT2D eigenvalue weighted by Crippen LogP contribution is 2.14. The SMILES string of the molecule is Nc1ncn(CC(=O)NCCC2CCOC2)n1. The Balaban J connectivity index is 1.63. The predicted octanol–water partition coefficient (Wildman–Crippen LogP) is -0.597. The molecule has 1 aromatic rings. The van der Waals surface area contributed by atoms with E-state index in [0.29, 0.717) is 12.5 Å². The minimum absolute atomic E-state index is 0.0752. The second-order valence-electron chi connectivity index (χ2n) is 4.17. The number of carbonyl (C=O) groups excluding carboxylic acids is 1. The van der Waals surface area contributed by atoms with Gasteiger partial charge in [-0.25, -0.2) is 9.67 Å². The quantitative estimate of drug-likeness (QED) is 0.715. The fourth-order valence-electron chi connectivity index (χ4n) is 1.81. The van der Waals surface area contributed by atoms with Crippen LogP contribution in [0.3, 0.4) is 0 Å². The lowest BCUT2D eigenvalue weighted by atomic mass is 10.1. The van der Waals surface area contributed by atoms with Gasteiger partial charge < -0.3 is 15.8 Å². The highest BCUT2D eigenvalue weighted by atomic mass is 16.5. The van der Waals surface area contributed by atoms with E-state index < -0.39 is 0 Å². The molecule has 2 rings (SSSR count). The Morgan fingerprint density at radius 3 is 3.24 bits per heavy atom. The number of nitrogens with zero attached hydrogens (tertiary/aromatic N) is 3. The standard InChI is InChI=1S/C10H17N5O2/c11-10-13-7-15(14-10)5-9(16)12-3-1-8-2-4-17-6-8/h7-8H,1-6H2,(H2,11,14)(H,12,16). The lowest BCUT2D eigenvalue weighted by molar-refractivity contribution is -0.121. The highest BCUT2D eigenvalue weighted by molar-refractivity contribution is 5.75. The van der Waals surface area contributed by atoms with Gasteiger partial charge in [-0.05, 0) is 18.8 Å². The number of ether oxygens (including phenoxy) is 1. The minimum atomic E-state index is -0.0752. The molecule has 1 fully saturated rings. The van der Waals surface area contributed by atoms with Gasteiger partial charge in [-0.15, -0.1) is 5.10 Å². The largest absolute Gasteiger partial charge is 0.381 e. The van der Waals surface area contributed by atoms with E-state index in [1.165, 1.54) is 11.0 Å². The minimum Gasteiger partial charge on any atom is -0.381 e. The lowest BCUT2D eigenvalue weighted by Gasteiger charge is -2.08. The second kappa shape index (κ2) is 5.62. The molecule has 1 aliphatic rings. The Labute approximate surface area is 99.3 Å². The Morgan fingerprint density at radius 2 is 2.59 bits per heavy atom. The van der Waals surface area contributed by atoms with E-state index in [1.807, 2.05) is 0 Å². The molecule has 0 aromatic carbocycles. The zero-order chi connectivity index (χ0) is 12.1. The topological polar surface area (TPSA) is 95.1 Å². The third-order valence-electron chi connectivity index (χ3n) is 2.76. The average molecular weight is 239 g/mol. The van der Waals surface area contributed by atoms with Crippen LogP contribution in [-0.4, -0.2) is 40.4 Å². The monoisotopic (exact) mass is 239 g/mol. The average Bonchev–Trinajstić information content (AvgIpc) is 2.90. The van der Waals surface area contributed by atoms with Gasteiger partial charge in [0.2, 0.25) is 11.9 Å². The van der Waals surface area contributed by atoms with Crippen LogP contribution in [0.15, 0.2) is 6.33 Å². The van der Waals surface area contributed by atoms with Crippen molar-refractivity contribution in [2.24, 2.45) is 5.92 Å². The van der Waals surface area contributed by atoms with Crippen molar-refractivity contribution >= 4 is 11.9 Å². The molecule has 1 saturated heterocycles. The maximum atomic E-state index is 11.5. The van der Waals surface area contributed by atoms with Gasteiger partial charge in [-0.1, -0.05) is 0 Å². The lowest BCUT2D eigenvalue weighted by Crippen LogP contribution is -2.29. The molecular formula is C10H17N5O2. The molecule has 1 amide bonds. The molecule has 2 heterocycles. The summed E-state index contributed by atoms with van der Waals surface area (Å²) in [7, 11) is 0. The maximum Gasteiger partial charge on any atom is 0.241 e. The molecule has 17 heavy (non-hydrogen) atoms. The summed E-state index contributed by atoms with van der Waals surface area (Å²) in [6.07, 6.45) is 3.50. The van der Waals surface area contributed by atoms with Gasteiger partial charge in [-0.2, -0.15) is 0 Å². The van der Waals surface area contributed by atoms with E-state index >= 15 is 0 Å². The Kier molecular flexibility index (Phi) is 3.92. The molecule has 1 atom stereocenters. The van der Waals surface area contributed by atoms with E-state index in [0.717, 1.165) is 26.1 Å². The van der Waals surface area contributed by atoms with Gasteiger partial charge in [0.05, 0.1) is 0 Å². The van der Waals surface area contributed by atoms with E-state index in [1.54, 1.807) is 0 Å². The van der Waals surface area contributed by atoms with E-state index in [9.17, 15) is 4.79 Å². The number of nitrogens with one attached hydrogen (secondary N) is 1. The first-order valence-electron chi connectivity index (χ1n) is 5.73. The number of hydrogen-bond donors (Lipinski definition) is 2. The van der Waals surface area contributed by atoms with Gasteiger partial charge in [0, 0.05) is 19.8 Å². The van der Waals surface area contributed by atoms with Crippen LogP contribution in [0, 0.1) is 5.92 Å². The summed E-state index contributed by atoms with van der Waals surface area (Å²) < 4.78 is 6.68. The first-order valence-corrected chi connectivity index (χ1v) is 5.73. The van der Waals surface area contributed by atoms with Gasteiger partial charge in [0.15, 0.2) is 0 Å². The van der Waals surface area contributed by atoms with Crippen molar-refractivity contribution in [2.75, 3.05) is 25.5 Å². The van der Waals surface area contributed by atoms with Crippen LogP contribution < -0.4 is 11.1 Å². The number of aromatic nitrogens is 3. The third-order valence-corrected chi connectivity index (χ3v) is 2.76. The predicted molar refractivity (Wildman–Crippen MR) is 61.0 cm³/mol. The van der Waals surface area contributed by atoms with Crippen LogP contribution in [0.5, 0.6) is 0 Å².